The first-order valence-electron chi connectivity index (χ1n) is 11.0. The fraction of sp³-hybridized carbons (Fsp3) is 0.308. The van der Waals surface area contributed by atoms with Crippen molar-refractivity contribution < 1.29 is 32.6 Å². The van der Waals surface area contributed by atoms with Gasteiger partial charge in [0, 0.05) is 11.4 Å². The minimum absolute atomic E-state index is 0.0890. The fourth-order valence-corrected chi connectivity index (χ4v) is 4.70. The second-order valence-corrected chi connectivity index (χ2v) is 9.29. The van der Waals surface area contributed by atoms with Gasteiger partial charge in [-0.05, 0) is 85.3 Å². The lowest BCUT2D eigenvalue weighted by Gasteiger charge is -2.15. The van der Waals surface area contributed by atoms with E-state index in [1.165, 1.54) is 23.5 Å². The molecular weight excluding hydrogens is 479 g/mol. The van der Waals surface area contributed by atoms with Gasteiger partial charge in [-0.25, -0.2) is 0 Å². The van der Waals surface area contributed by atoms with Crippen LogP contribution in [0.2, 0.25) is 0 Å². The number of amides is 1. The van der Waals surface area contributed by atoms with Crippen molar-refractivity contribution in [3.05, 3.63) is 75.0 Å². The first-order valence-corrected chi connectivity index (χ1v) is 11.9. The van der Waals surface area contributed by atoms with Crippen LogP contribution >= 0.6 is 11.3 Å². The van der Waals surface area contributed by atoms with Crippen LogP contribution in [-0.2, 0) is 17.4 Å². The molecule has 1 aromatic heterocycles. The number of aliphatic carboxylic acids is 1. The Balaban J connectivity index is 1.53. The van der Waals surface area contributed by atoms with E-state index in [0.717, 1.165) is 52.1 Å². The number of hydrogen-bond acceptors (Lipinski definition) is 4. The summed E-state index contributed by atoms with van der Waals surface area (Å²) in [4.78, 5) is 24.1. The van der Waals surface area contributed by atoms with Crippen LogP contribution in [0.5, 0.6) is 5.75 Å². The number of benzene rings is 2. The van der Waals surface area contributed by atoms with E-state index in [4.69, 9.17) is 9.84 Å². The number of carbonyl (C=O) groups excluding carboxylic acids is 1. The Kier molecular flexibility index (Phi) is 8.56. The van der Waals surface area contributed by atoms with Gasteiger partial charge in [-0.2, -0.15) is 13.2 Å². The highest BCUT2D eigenvalue weighted by atomic mass is 32.1. The molecule has 3 rings (SSSR count). The van der Waals surface area contributed by atoms with Gasteiger partial charge in [-0.15, -0.1) is 11.3 Å². The number of carboxylic acid groups (broad SMARTS) is 1. The van der Waals surface area contributed by atoms with Gasteiger partial charge >= 0.3 is 12.1 Å². The van der Waals surface area contributed by atoms with Crippen LogP contribution in [0.15, 0.2) is 48.5 Å². The zero-order valence-corrected chi connectivity index (χ0v) is 20.2. The van der Waals surface area contributed by atoms with Crippen LogP contribution in [-0.4, -0.2) is 30.1 Å². The first-order chi connectivity index (χ1) is 16.5. The quantitative estimate of drug-likeness (QED) is 0.319. The number of hydrogen-bond donors (Lipinski definition) is 2. The summed E-state index contributed by atoms with van der Waals surface area (Å²) in [6, 6.07) is 12.5. The van der Waals surface area contributed by atoms with E-state index < -0.39 is 17.7 Å². The number of aryl methyl sites for hydroxylation is 3. The molecule has 1 heterocycles. The molecule has 0 bridgehead atoms. The second kappa shape index (κ2) is 11.4. The van der Waals surface area contributed by atoms with Crippen LogP contribution in [0.3, 0.4) is 0 Å². The Labute approximate surface area is 205 Å². The van der Waals surface area contributed by atoms with Crippen molar-refractivity contribution in [1.82, 2.24) is 5.32 Å². The predicted molar refractivity (Wildman–Crippen MR) is 129 cm³/mol. The number of carboxylic acids is 1. The van der Waals surface area contributed by atoms with Crippen molar-refractivity contribution in [1.29, 1.82) is 0 Å². The minimum Gasteiger partial charge on any atom is -0.494 e. The van der Waals surface area contributed by atoms with Crippen LogP contribution in [0, 0.1) is 13.8 Å². The Hall–Kier alpha value is -3.33. The number of halogens is 3. The van der Waals surface area contributed by atoms with Gasteiger partial charge in [-0.1, -0.05) is 12.1 Å². The molecule has 0 aliphatic rings. The molecule has 0 fully saturated rings. The SMILES string of the molecule is Cc1cc(OCCCc2ccc(C(=O)NCCC(=O)O)s2)cc(C)c1-c1ccc(C(F)(F)F)cc1. The number of ether oxygens (including phenoxy) is 1. The summed E-state index contributed by atoms with van der Waals surface area (Å²) in [5.41, 5.74) is 2.76. The summed E-state index contributed by atoms with van der Waals surface area (Å²) in [5, 5.41) is 11.2. The summed E-state index contributed by atoms with van der Waals surface area (Å²) in [6.07, 6.45) is -3.01. The van der Waals surface area contributed by atoms with E-state index in [9.17, 15) is 22.8 Å². The molecular formula is C26H26F3NO4S. The molecule has 0 saturated heterocycles. The first kappa shape index (κ1) is 26.3. The van der Waals surface area contributed by atoms with Crippen molar-refractivity contribution in [2.24, 2.45) is 0 Å². The van der Waals surface area contributed by atoms with Gasteiger partial charge in [-0.3, -0.25) is 9.59 Å². The third kappa shape index (κ3) is 7.32. The Morgan fingerprint density at radius 3 is 2.29 bits per heavy atom. The zero-order valence-electron chi connectivity index (χ0n) is 19.4. The van der Waals surface area contributed by atoms with Crippen molar-refractivity contribution in [3.8, 4) is 16.9 Å². The fourth-order valence-electron chi connectivity index (χ4n) is 3.73. The number of alkyl halides is 3. The predicted octanol–water partition coefficient (Wildman–Crippen LogP) is 6.27. The highest BCUT2D eigenvalue weighted by molar-refractivity contribution is 7.14. The molecule has 5 nitrogen and oxygen atoms in total. The van der Waals surface area contributed by atoms with Crippen LogP contribution < -0.4 is 10.1 Å². The Morgan fingerprint density at radius 2 is 1.69 bits per heavy atom. The van der Waals surface area contributed by atoms with Gasteiger partial charge in [0.2, 0.25) is 0 Å². The average Bonchev–Trinajstić information content (AvgIpc) is 3.25. The molecule has 1 amide bonds. The monoisotopic (exact) mass is 505 g/mol. The van der Waals surface area contributed by atoms with Crippen molar-refractivity contribution in [2.75, 3.05) is 13.2 Å². The third-order valence-electron chi connectivity index (χ3n) is 5.35. The third-order valence-corrected chi connectivity index (χ3v) is 6.50. The van der Waals surface area contributed by atoms with Gasteiger partial charge in [0.25, 0.3) is 5.91 Å². The second-order valence-electron chi connectivity index (χ2n) is 8.12. The average molecular weight is 506 g/mol. The van der Waals surface area contributed by atoms with Crippen LogP contribution in [0.4, 0.5) is 13.2 Å². The number of thiophene rings is 1. The molecule has 0 spiro atoms. The lowest BCUT2D eigenvalue weighted by atomic mass is 9.94. The molecule has 0 atom stereocenters. The highest BCUT2D eigenvalue weighted by Gasteiger charge is 2.30. The number of rotatable bonds is 10. The van der Waals surface area contributed by atoms with Crippen LogP contribution in [0.1, 0.15) is 44.1 Å². The number of carbonyl (C=O) groups is 2. The normalized spacial score (nSPS) is 11.3. The summed E-state index contributed by atoms with van der Waals surface area (Å²) >= 11 is 1.37. The molecule has 35 heavy (non-hydrogen) atoms. The van der Waals surface area contributed by atoms with E-state index >= 15 is 0 Å². The van der Waals surface area contributed by atoms with E-state index in [2.05, 4.69) is 5.32 Å². The maximum Gasteiger partial charge on any atom is 0.416 e. The lowest BCUT2D eigenvalue weighted by molar-refractivity contribution is -0.138. The van der Waals surface area contributed by atoms with Crippen LogP contribution in [0.25, 0.3) is 11.1 Å². The van der Waals surface area contributed by atoms with Crippen molar-refractivity contribution in [2.45, 2.75) is 39.3 Å². The molecule has 0 unspecified atom stereocenters. The highest BCUT2D eigenvalue weighted by Crippen LogP contribution is 2.34. The Bertz CT molecular complexity index is 1160. The maximum atomic E-state index is 12.8. The molecule has 2 aromatic carbocycles. The van der Waals surface area contributed by atoms with E-state index in [0.29, 0.717) is 17.2 Å². The van der Waals surface area contributed by atoms with Gasteiger partial charge in [0.05, 0.1) is 23.5 Å². The largest absolute Gasteiger partial charge is 0.494 e. The van der Waals surface area contributed by atoms with E-state index in [1.54, 1.807) is 6.07 Å². The van der Waals surface area contributed by atoms with Crippen molar-refractivity contribution in [3.63, 3.8) is 0 Å². The summed E-state index contributed by atoms with van der Waals surface area (Å²) in [5.74, 6) is -0.546. The zero-order chi connectivity index (χ0) is 25.6. The van der Waals surface area contributed by atoms with Gasteiger partial charge in [0.1, 0.15) is 5.75 Å². The van der Waals surface area contributed by atoms with E-state index in [1.807, 2.05) is 32.0 Å². The molecule has 9 heteroatoms. The Morgan fingerprint density at radius 1 is 1.03 bits per heavy atom. The topological polar surface area (TPSA) is 75.6 Å². The summed E-state index contributed by atoms with van der Waals surface area (Å²) < 4.78 is 44.4. The van der Waals surface area contributed by atoms with Gasteiger partial charge in [0.15, 0.2) is 0 Å². The van der Waals surface area contributed by atoms with Gasteiger partial charge < -0.3 is 15.2 Å². The smallest absolute Gasteiger partial charge is 0.416 e. The minimum atomic E-state index is -4.36. The summed E-state index contributed by atoms with van der Waals surface area (Å²) in [6.45, 7) is 4.37. The molecule has 2 N–H and O–H groups in total. The van der Waals surface area contributed by atoms with Crippen molar-refractivity contribution >= 4 is 23.2 Å². The molecule has 0 aliphatic carbocycles. The lowest BCUT2D eigenvalue weighted by Crippen LogP contribution is -2.25. The molecule has 0 radical (unpaired) electrons. The standard InChI is InChI=1S/C26H26F3NO4S/c1-16-14-20(15-17(2)24(16)18-5-7-19(8-6-18)26(27,28)29)34-13-3-4-21-9-10-22(35-21)25(33)30-12-11-23(31)32/h5-10,14-15H,3-4,11-13H2,1-2H3,(H,30,33)(H,31,32). The molecule has 0 saturated carbocycles. The maximum absolute atomic E-state index is 12.8. The van der Waals surface area contributed by atoms with E-state index in [-0.39, 0.29) is 18.9 Å². The molecule has 186 valence electrons. The number of nitrogens with one attached hydrogen (secondary N) is 1. The summed E-state index contributed by atoms with van der Waals surface area (Å²) in [7, 11) is 0. The molecule has 3 aromatic rings. The molecule has 0 aliphatic heterocycles.